The second-order valence-electron chi connectivity index (χ2n) is 5.34. The molecule has 0 aliphatic carbocycles. The highest BCUT2D eigenvalue weighted by Gasteiger charge is 2.35. The first-order valence-corrected chi connectivity index (χ1v) is 7.37. The number of rotatable bonds is 6. The molecular formula is C14H25NO4. The van der Waals surface area contributed by atoms with Gasteiger partial charge in [-0.1, -0.05) is 0 Å². The third-order valence-corrected chi connectivity index (χ3v) is 3.77. The maximum absolute atomic E-state index is 12.0. The van der Waals surface area contributed by atoms with Gasteiger partial charge in [0.15, 0.2) is 0 Å². The lowest BCUT2D eigenvalue weighted by Gasteiger charge is -2.24. The lowest BCUT2D eigenvalue weighted by molar-refractivity contribution is -0.149. The zero-order valence-electron chi connectivity index (χ0n) is 11.9. The fourth-order valence-corrected chi connectivity index (χ4v) is 2.74. The summed E-state index contributed by atoms with van der Waals surface area (Å²) < 4.78 is 16.5. The zero-order chi connectivity index (χ0) is 13.7. The maximum Gasteiger partial charge on any atom is 0.325 e. The molecule has 0 aromatic heterocycles. The van der Waals surface area contributed by atoms with Crippen LogP contribution in [0.15, 0.2) is 0 Å². The molecule has 110 valence electrons. The number of esters is 1. The van der Waals surface area contributed by atoms with Crippen molar-refractivity contribution in [3.63, 3.8) is 0 Å². The SMILES string of the molecule is CCOC(=O)C(NCC1CCCO1)C1CCC(C)O1. The van der Waals surface area contributed by atoms with Crippen molar-refractivity contribution in [2.75, 3.05) is 19.8 Å². The summed E-state index contributed by atoms with van der Waals surface area (Å²) in [7, 11) is 0. The fraction of sp³-hybridized carbons (Fsp3) is 0.929. The number of ether oxygens (including phenoxy) is 3. The van der Waals surface area contributed by atoms with Crippen molar-refractivity contribution in [3.8, 4) is 0 Å². The zero-order valence-corrected chi connectivity index (χ0v) is 11.9. The fourth-order valence-electron chi connectivity index (χ4n) is 2.74. The molecule has 0 saturated carbocycles. The molecule has 4 atom stereocenters. The molecule has 1 N–H and O–H groups in total. The monoisotopic (exact) mass is 271 g/mol. The van der Waals surface area contributed by atoms with Gasteiger partial charge in [-0.05, 0) is 39.5 Å². The maximum atomic E-state index is 12.0. The lowest BCUT2D eigenvalue weighted by Crippen LogP contribution is -2.49. The van der Waals surface area contributed by atoms with Crippen molar-refractivity contribution in [1.29, 1.82) is 0 Å². The van der Waals surface area contributed by atoms with E-state index in [1.165, 1.54) is 0 Å². The highest BCUT2D eigenvalue weighted by Crippen LogP contribution is 2.23. The van der Waals surface area contributed by atoms with Crippen LogP contribution in [0.2, 0.25) is 0 Å². The van der Waals surface area contributed by atoms with Crippen LogP contribution in [0.1, 0.15) is 39.5 Å². The Morgan fingerprint density at radius 2 is 2.26 bits per heavy atom. The van der Waals surface area contributed by atoms with Crippen LogP contribution in [0.3, 0.4) is 0 Å². The van der Waals surface area contributed by atoms with Crippen LogP contribution in [0.5, 0.6) is 0 Å². The Labute approximate surface area is 115 Å². The van der Waals surface area contributed by atoms with Crippen LogP contribution >= 0.6 is 0 Å². The predicted molar refractivity (Wildman–Crippen MR) is 71.0 cm³/mol. The van der Waals surface area contributed by atoms with Crippen molar-refractivity contribution in [2.45, 2.75) is 63.9 Å². The van der Waals surface area contributed by atoms with E-state index in [1.807, 2.05) is 13.8 Å². The molecule has 5 heteroatoms. The minimum Gasteiger partial charge on any atom is -0.465 e. The van der Waals surface area contributed by atoms with Crippen LogP contribution < -0.4 is 5.32 Å². The van der Waals surface area contributed by atoms with E-state index in [1.54, 1.807) is 0 Å². The number of carbonyl (C=O) groups excluding carboxylic acids is 1. The van der Waals surface area contributed by atoms with E-state index >= 15 is 0 Å². The quantitative estimate of drug-likeness (QED) is 0.737. The second kappa shape index (κ2) is 7.22. The average Bonchev–Trinajstić information content (AvgIpc) is 3.02. The number of hydrogen-bond acceptors (Lipinski definition) is 5. The molecule has 19 heavy (non-hydrogen) atoms. The van der Waals surface area contributed by atoms with Gasteiger partial charge in [0.05, 0.1) is 24.9 Å². The van der Waals surface area contributed by atoms with E-state index in [-0.39, 0.29) is 30.3 Å². The number of hydrogen-bond donors (Lipinski definition) is 1. The predicted octanol–water partition coefficient (Wildman–Crippen LogP) is 1.25. The lowest BCUT2D eigenvalue weighted by atomic mass is 10.1. The van der Waals surface area contributed by atoms with Crippen molar-refractivity contribution < 1.29 is 19.0 Å². The third-order valence-electron chi connectivity index (χ3n) is 3.77. The minimum atomic E-state index is -0.367. The Morgan fingerprint density at radius 1 is 1.42 bits per heavy atom. The van der Waals surface area contributed by atoms with Gasteiger partial charge in [0.25, 0.3) is 0 Å². The molecule has 2 fully saturated rings. The van der Waals surface area contributed by atoms with Crippen molar-refractivity contribution in [1.82, 2.24) is 5.32 Å². The highest BCUT2D eigenvalue weighted by atomic mass is 16.5. The Bertz CT molecular complexity index is 291. The molecule has 0 amide bonds. The highest BCUT2D eigenvalue weighted by molar-refractivity contribution is 5.76. The molecule has 0 spiro atoms. The average molecular weight is 271 g/mol. The summed E-state index contributed by atoms with van der Waals surface area (Å²) >= 11 is 0. The van der Waals surface area contributed by atoms with Gasteiger partial charge in [-0.15, -0.1) is 0 Å². The summed E-state index contributed by atoms with van der Waals surface area (Å²) in [6.07, 6.45) is 4.45. The minimum absolute atomic E-state index is 0.0737. The largest absolute Gasteiger partial charge is 0.465 e. The topological polar surface area (TPSA) is 56.8 Å². The van der Waals surface area contributed by atoms with Crippen LogP contribution in [0.25, 0.3) is 0 Å². The van der Waals surface area contributed by atoms with E-state index in [0.29, 0.717) is 13.2 Å². The molecule has 0 aromatic carbocycles. The first-order valence-electron chi connectivity index (χ1n) is 7.37. The Balaban J connectivity index is 1.87. The summed E-state index contributed by atoms with van der Waals surface area (Å²) in [5.41, 5.74) is 0. The summed E-state index contributed by atoms with van der Waals surface area (Å²) in [6.45, 7) is 5.79. The van der Waals surface area contributed by atoms with E-state index < -0.39 is 0 Å². The van der Waals surface area contributed by atoms with E-state index in [0.717, 1.165) is 32.3 Å². The molecular weight excluding hydrogens is 246 g/mol. The summed E-state index contributed by atoms with van der Waals surface area (Å²) in [5.74, 6) is -0.209. The summed E-state index contributed by atoms with van der Waals surface area (Å²) in [4.78, 5) is 12.0. The first kappa shape index (κ1) is 14.8. The van der Waals surface area contributed by atoms with E-state index in [9.17, 15) is 4.79 Å². The standard InChI is InChI=1S/C14H25NO4/c1-3-17-14(16)13(12-7-6-10(2)19-12)15-9-11-5-4-8-18-11/h10-13,15H,3-9H2,1-2H3. The van der Waals surface area contributed by atoms with Gasteiger partial charge in [0.2, 0.25) is 0 Å². The van der Waals surface area contributed by atoms with Crippen LogP contribution in [0, 0.1) is 0 Å². The van der Waals surface area contributed by atoms with Gasteiger partial charge in [0, 0.05) is 13.2 Å². The molecule has 0 radical (unpaired) electrons. The van der Waals surface area contributed by atoms with Gasteiger partial charge in [0.1, 0.15) is 6.04 Å². The molecule has 5 nitrogen and oxygen atoms in total. The molecule has 0 bridgehead atoms. The summed E-state index contributed by atoms with van der Waals surface area (Å²) in [6, 6.07) is -0.367. The Kier molecular flexibility index (Phi) is 5.60. The first-order chi connectivity index (χ1) is 9.20. The molecule has 2 heterocycles. The molecule has 0 aromatic rings. The molecule has 2 rings (SSSR count). The van der Waals surface area contributed by atoms with Crippen LogP contribution in [0.4, 0.5) is 0 Å². The van der Waals surface area contributed by atoms with Crippen molar-refractivity contribution >= 4 is 5.97 Å². The molecule has 2 saturated heterocycles. The van der Waals surface area contributed by atoms with Crippen molar-refractivity contribution in [3.05, 3.63) is 0 Å². The van der Waals surface area contributed by atoms with Gasteiger partial charge in [-0.3, -0.25) is 10.1 Å². The summed E-state index contributed by atoms with van der Waals surface area (Å²) in [5, 5.41) is 3.28. The normalized spacial score (nSPS) is 32.4. The van der Waals surface area contributed by atoms with E-state index in [4.69, 9.17) is 14.2 Å². The van der Waals surface area contributed by atoms with Gasteiger partial charge >= 0.3 is 5.97 Å². The third kappa shape index (κ3) is 4.16. The molecule has 2 aliphatic rings. The van der Waals surface area contributed by atoms with Gasteiger partial charge in [-0.2, -0.15) is 0 Å². The number of carbonyl (C=O) groups is 1. The van der Waals surface area contributed by atoms with Crippen molar-refractivity contribution in [2.24, 2.45) is 0 Å². The van der Waals surface area contributed by atoms with Gasteiger partial charge < -0.3 is 14.2 Å². The smallest absolute Gasteiger partial charge is 0.325 e. The van der Waals surface area contributed by atoms with E-state index in [2.05, 4.69) is 5.32 Å². The number of nitrogens with one attached hydrogen (secondary N) is 1. The van der Waals surface area contributed by atoms with Crippen LogP contribution in [-0.4, -0.2) is 50.1 Å². The Hall–Kier alpha value is -0.650. The van der Waals surface area contributed by atoms with Gasteiger partial charge in [-0.25, -0.2) is 0 Å². The Morgan fingerprint density at radius 3 is 2.84 bits per heavy atom. The molecule has 4 unspecified atom stereocenters. The second-order valence-corrected chi connectivity index (χ2v) is 5.34. The molecule has 2 aliphatic heterocycles. The van der Waals surface area contributed by atoms with Crippen LogP contribution in [-0.2, 0) is 19.0 Å².